The molecule has 1 saturated heterocycles. The number of carbonyl (C=O) groups is 1. The van der Waals surface area contributed by atoms with Crippen LogP contribution in [-0.2, 0) is 11.3 Å². The van der Waals surface area contributed by atoms with Crippen molar-refractivity contribution in [1.29, 1.82) is 0 Å². The predicted molar refractivity (Wildman–Crippen MR) is 130 cm³/mol. The van der Waals surface area contributed by atoms with Gasteiger partial charge in [0.25, 0.3) is 0 Å². The highest BCUT2D eigenvalue weighted by Gasteiger charge is 2.28. The summed E-state index contributed by atoms with van der Waals surface area (Å²) in [4.78, 5) is 23.9. The molecule has 0 spiro atoms. The molecule has 1 aliphatic rings. The second kappa shape index (κ2) is 9.38. The van der Waals surface area contributed by atoms with E-state index in [1.807, 2.05) is 42.1 Å². The quantitative estimate of drug-likeness (QED) is 0.458. The molecule has 174 valence electrons. The molecule has 9 heteroatoms. The van der Waals surface area contributed by atoms with Gasteiger partial charge in [-0.2, -0.15) is 0 Å². The van der Waals surface area contributed by atoms with Crippen LogP contribution in [0.2, 0.25) is 5.02 Å². The molecule has 0 radical (unpaired) electrons. The maximum Gasteiger partial charge on any atom is 0.225 e. The number of rotatable bonds is 5. The van der Waals surface area contributed by atoms with E-state index in [0.717, 1.165) is 36.3 Å². The summed E-state index contributed by atoms with van der Waals surface area (Å²) >= 11 is 6.09. The normalized spacial score (nSPS) is 16.1. The molecule has 1 N–H and O–H groups in total. The molecule has 1 aliphatic heterocycles. The Bertz CT molecular complexity index is 1340. The van der Waals surface area contributed by atoms with E-state index in [2.05, 4.69) is 25.3 Å². The standard InChI is InChI=1S/C25H24ClFN6O/c1-16-4-8-20(9-5-16)33-14-21-23(31-33)29-15-30-24(21)32-10-2-3-18(13-32)25(34)28-12-17-6-7-19(27)11-22(17)26/h4-9,11,14-15,18H,2-3,10,12-13H2,1H3,(H,28,34)/t18-/m0/s1. The Balaban J connectivity index is 1.32. The topological polar surface area (TPSA) is 75.9 Å². The lowest BCUT2D eigenvalue weighted by Gasteiger charge is -2.33. The zero-order valence-electron chi connectivity index (χ0n) is 18.7. The van der Waals surface area contributed by atoms with Crippen LogP contribution in [0.5, 0.6) is 0 Å². The first-order valence-electron chi connectivity index (χ1n) is 11.2. The second-order valence-corrected chi connectivity index (χ2v) is 8.99. The van der Waals surface area contributed by atoms with Crippen LogP contribution in [0.1, 0.15) is 24.0 Å². The van der Waals surface area contributed by atoms with E-state index in [0.29, 0.717) is 22.8 Å². The molecule has 7 nitrogen and oxygen atoms in total. The molecule has 3 heterocycles. The number of hydrogen-bond acceptors (Lipinski definition) is 5. The number of fused-ring (bicyclic) bond motifs is 1. The molecule has 1 amide bonds. The molecule has 34 heavy (non-hydrogen) atoms. The van der Waals surface area contributed by atoms with Crippen LogP contribution in [0.25, 0.3) is 16.7 Å². The third kappa shape index (κ3) is 4.59. The molecule has 0 aliphatic carbocycles. The van der Waals surface area contributed by atoms with Gasteiger partial charge in [0.05, 0.1) is 17.0 Å². The fourth-order valence-electron chi connectivity index (χ4n) is 4.28. The Morgan fingerprint density at radius 1 is 1.21 bits per heavy atom. The van der Waals surface area contributed by atoms with E-state index in [-0.39, 0.29) is 18.4 Å². The monoisotopic (exact) mass is 478 g/mol. The summed E-state index contributed by atoms with van der Waals surface area (Å²) in [6, 6.07) is 12.3. The lowest BCUT2D eigenvalue weighted by atomic mass is 9.97. The summed E-state index contributed by atoms with van der Waals surface area (Å²) in [6.45, 7) is 3.65. The lowest BCUT2D eigenvalue weighted by Crippen LogP contribution is -2.43. The SMILES string of the molecule is Cc1ccc(-n2cc3c(N4CCC[C@H](C(=O)NCc5ccc(F)cc5Cl)C4)ncnc3n2)cc1. The van der Waals surface area contributed by atoms with Crippen molar-refractivity contribution in [2.24, 2.45) is 5.92 Å². The van der Waals surface area contributed by atoms with Crippen LogP contribution in [-0.4, -0.2) is 38.7 Å². The largest absolute Gasteiger partial charge is 0.355 e. The van der Waals surface area contributed by atoms with Crippen molar-refractivity contribution < 1.29 is 9.18 Å². The maximum absolute atomic E-state index is 13.3. The number of amides is 1. The molecular formula is C25H24ClFN6O. The van der Waals surface area contributed by atoms with Crippen LogP contribution >= 0.6 is 11.6 Å². The van der Waals surface area contributed by atoms with Crippen molar-refractivity contribution >= 4 is 34.4 Å². The number of hydrogen-bond donors (Lipinski definition) is 1. The van der Waals surface area contributed by atoms with Crippen molar-refractivity contribution in [1.82, 2.24) is 25.1 Å². The van der Waals surface area contributed by atoms with Crippen molar-refractivity contribution in [3.05, 3.63) is 77.0 Å². The Labute approximate surface area is 201 Å². The number of anilines is 1. The Morgan fingerprint density at radius 3 is 2.82 bits per heavy atom. The average Bonchev–Trinajstić information content (AvgIpc) is 3.28. The van der Waals surface area contributed by atoms with Gasteiger partial charge in [-0.15, -0.1) is 5.10 Å². The lowest BCUT2D eigenvalue weighted by molar-refractivity contribution is -0.125. The van der Waals surface area contributed by atoms with Gasteiger partial charge in [-0.1, -0.05) is 35.4 Å². The molecule has 2 aromatic heterocycles. The molecule has 0 bridgehead atoms. The fraction of sp³-hybridized carbons (Fsp3) is 0.280. The van der Waals surface area contributed by atoms with E-state index < -0.39 is 5.82 Å². The zero-order valence-corrected chi connectivity index (χ0v) is 19.5. The average molecular weight is 479 g/mol. The number of benzene rings is 2. The number of aryl methyl sites for hydroxylation is 1. The van der Waals surface area contributed by atoms with Crippen molar-refractivity contribution in [3.8, 4) is 5.69 Å². The van der Waals surface area contributed by atoms with Gasteiger partial charge >= 0.3 is 0 Å². The first-order chi connectivity index (χ1) is 16.5. The van der Waals surface area contributed by atoms with Gasteiger partial charge < -0.3 is 10.2 Å². The minimum atomic E-state index is -0.398. The van der Waals surface area contributed by atoms with Crippen LogP contribution in [0, 0.1) is 18.7 Å². The number of nitrogens with zero attached hydrogens (tertiary/aromatic N) is 5. The minimum Gasteiger partial charge on any atom is -0.355 e. The van der Waals surface area contributed by atoms with Crippen molar-refractivity contribution in [2.45, 2.75) is 26.3 Å². The number of carbonyl (C=O) groups excluding carboxylic acids is 1. The van der Waals surface area contributed by atoms with E-state index >= 15 is 0 Å². The molecular weight excluding hydrogens is 455 g/mol. The molecule has 0 saturated carbocycles. The summed E-state index contributed by atoms with van der Waals surface area (Å²) in [5, 5.41) is 8.72. The summed E-state index contributed by atoms with van der Waals surface area (Å²) in [5.74, 6) is 0.142. The highest BCUT2D eigenvalue weighted by atomic mass is 35.5. The first-order valence-corrected chi connectivity index (χ1v) is 11.6. The van der Waals surface area contributed by atoms with Crippen LogP contribution < -0.4 is 10.2 Å². The molecule has 1 fully saturated rings. The van der Waals surface area contributed by atoms with Crippen molar-refractivity contribution in [3.63, 3.8) is 0 Å². The third-order valence-electron chi connectivity index (χ3n) is 6.15. The first kappa shape index (κ1) is 22.3. The molecule has 1 atom stereocenters. The molecule has 5 rings (SSSR count). The minimum absolute atomic E-state index is 0.0502. The number of piperidine rings is 1. The van der Waals surface area contributed by atoms with E-state index in [1.54, 1.807) is 6.07 Å². The van der Waals surface area contributed by atoms with Gasteiger partial charge in [0.1, 0.15) is 18.0 Å². The van der Waals surface area contributed by atoms with Crippen LogP contribution in [0.15, 0.2) is 55.0 Å². The zero-order chi connectivity index (χ0) is 23.7. The number of halogens is 2. The summed E-state index contributed by atoms with van der Waals surface area (Å²) < 4.78 is 15.1. The second-order valence-electron chi connectivity index (χ2n) is 8.58. The fourth-order valence-corrected chi connectivity index (χ4v) is 4.52. The summed E-state index contributed by atoms with van der Waals surface area (Å²) in [7, 11) is 0. The summed E-state index contributed by atoms with van der Waals surface area (Å²) in [5.41, 5.74) is 3.43. The van der Waals surface area contributed by atoms with E-state index in [9.17, 15) is 9.18 Å². The maximum atomic E-state index is 13.3. The predicted octanol–water partition coefficient (Wildman–Crippen LogP) is 4.45. The highest BCUT2D eigenvalue weighted by molar-refractivity contribution is 6.31. The van der Waals surface area contributed by atoms with Gasteiger partial charge in [0.15, 0.2) is 5.65 Å². The van der Waals surface area contributed by atoms with Crippen molar-refractivity contribution in [2.75, 3.05) is 18.0 Å². The van der Waals surface area contributed by atoms with Crippen LogP contribution in [0.3, 0.4) is 0 Å². The van der Waals surface area contributed by atoms with E-state index in [4.69, 9.17) is 11.6 Å². The third-order valence-corrected chi connectivity index (χ3v) is 6.51. The van der Waals surface area contributed by atoms with Crippen LogP contribution in [0.4, 0.5) is 10.2 Å². The van der Waals surface area contributed by atoms with Gasteiger partial charge in [-0.05, 0) is 49.6 Å². The molecule has 2 aromatic carbocycles. The molecule has 0 unspecified atom stereocenters. The Hall–Kier alpha value is -3.52. The van der Waals surface area contributed by atoms with Gasteiger partial charge in [0.2, 0.25) is 5.91 Å². The molecule has 4 aromatic rings. The summed E-state index contributed by atoms with van der Waals surface area (Å²) in [6.07, 6.45) is 5.11. The van der Waals surface area contributed by atoms with Gasteiger partial charge in [-0.25, -0.2) is 19.0 Å². The van der Waals surface area contributed by atoms with E-state index in [1.165, 1.54) is 24.0 Å². The highest BCUT2D eigenvalue weighted by Crippen LogP contribution is 2.28. The Morgan fingerprint density at radius 2 is 2.03 bits per heavy atom. The number of aromatic nitrogens is 4. The Kier molecular flexibility index (Phi) is 6.15. The smallest absolute Gasteiger partial charge is 0.225 e. The number of nitrogens with one attached hydrogen (secondary N) is 1. The van der Waals surface area contributed by atoms with Gasteiger partial charge in [0, 0.05) is 30.9 Å². The van der Waals surface area contributed by atoms with Gasteiger partial charge in [-0.3, -0.25) is 4.79 Å².